The van der Waals surface area contributed by atoms with E-state index in [1.54, 1.807) is 32.9 Å². The first-order valence-corrected chi connectivity index (χ1v) is 11.6. The van der Waals surface area contributed by atoms with E-state index < -0.39 is 17.6 Å². The number of allylic oxidation sites excluding steroid dienone is 2. The van der Waals surface area contributed by atoms with Gasteiger partial charge < -0.3 is 10.1 Å². The molecule has 2 aliphatic rings. The molecule has 3 heterocycles. The van der Waals surface area contributed by atoms with Crippen LogP contribution in [-0.2, 0) is 25.5 Å². The number of β-lactam (4-membered cyclic amide) rings is 1. The number of ether oxygens (including phenoxy) is 1. The molecule has 1 fully saturated rings. The van der Waals surface area contributed by atoms with Crippen LogP contribution in [0.5, 0.6) is 0 Å². The second kappa shape index (κ2) is 8.93. The molecule has 0 aromatic carbocycles. The highest BCUT2D eigenvalue weighted by Crippen LogP contribution is 2.41. The summed E-state index contributed by atoms with van der Waals surface area (Å²) in [4.78, 5) is 40.4. The van der Waals surface area contributed by atoms with E-state index in [1.165, 1.54) is 28.0 Å². The van der Waals surface area contributed by atoms with E-state index in [1.807, 2.05) is 17.5 Å². The number of halogens is 1. The Bertz CT molecular complexity index is 858. The molecule has 0 radical (unpaired) electrons. The number of alkyl halides is 1. The molecule has 2 aliphatic heterocycles. The summed E-state index contributed by atoms with van der Waals surface area (Å²) in [5.41, 5.74) is 0.241. The second-order valence-electron chi connectivity index (χ2n) is 7.64. The van der Waals surface area contributed by atoms with Gasteiger partial charge in [0.15, 0.2) is 0 Å². The first-order chi connectivity index (χ1) is 13.7. The van der Waals surface area contributed by atoms with Crippen molar-refractivity contribution < 1.29 is 19.1 Å². The summed E-state index contributed by atoms with van der Waals surface area (Å²) >= 11 is 8.74. The van der Waals surface area contributed by atoms with E-state index in [0.717, 1.165) is 4.88 Å². The van der Waals surface area contributed by atoms with Crippen LogP contribution in [0.15, 0.2) is 40.9 Å². The summed E-state index contributed by atoms with van der Waals surface area (Å²) in [6.07, 6.45) is 3.72. The van der Waals surface area contributed by atoms with E-state index in [-0.39, 0.29) is 29.3 Å². The lowest BCUT2D eigenvalue weighted by atomic mass is 10.0. The van der Waals surface area contributed by atoms with Crippen molar-refractivity contribution in [2.75, 3.05) is 11.6 Å². The van der Waals surface area contributed by atoms with Gasteiger partial charge in [0.05, 0.1) is 6.42 Å². The van der Waals surface area contributed by atoms with Crippen molar-refractivity contribution in [2.24, 2.45) is 0 Å². The third-order valence-electron chi connectivity index (χ3n) is 4.23. The molecule has 2 amide bonds. The van der Waals surface area contributed by atoms with Crippen LogP contribution in [0.25, 0.3) is 0 Å². The molecule has 9 heteroatoms. The van der Waals surface area contributed by atoms with Crippen molar-refractivity contribution >= 4 is 52.5 Å². The molecule has 0 spiro atoms. The lowest BCUT2D eigenvalue weighted by Crippen LogP contribution is -2.70. The van der Waals surface area contributed by atoms with Crippen molar-refractivity contribution in [3.8, 4) is 0 Å². The standard InChI is InChI=1S/C20H23ClN2O4S2/c1-20(2,3)27-19(26)16-12(6-4-8-21)11-29-18-15(17(25)23(16)18)22-14(24)10-13-7-5-9-28-13/h4-7,9,15,18H,8,10-11H2,1-3H3,(H,22,24)/b6-4+/t15-,18-/m1/s1. The molecule has 1 N–H and O–H groups in total. The van der Waals surface area contributed by atoms with Crippen LogP contribution in [0.4, 0.5) is 0 Å². The van der Waals surface area contributed by atoms with Crippen LogP contribution in [-0.4, -0.2) is 51.3 Å². The number of nitrogens with zero attached hydrogens (tertiary/aromatic N) is 1. The van der Waals surface area contributed by atoms with Gasteiger partial charge >= 0.3 is 5.97 Å². The number of carbonyl (C=O) groups is 3. The summed E-state index contributed by atoms with van der Waals surface area (Å²) in [6.45, 7) is 5.33. The summed E-state index contributed by atoms with van der Waals surface area (Å²) in [5.74, 6) is -0.239. The summed E-state index contributed by atoms with van der Waals surface area (Å²) < 4.78 is 5.52. The second-order valence-corrected chi connectivity index (χ2v) is 10.1. The van der Waals surface area contributed by atoms with Gasteiger partial charge in [-0.15, -0.1) is 34.7 Å². The van der Waals surface area contributed by atoms with Gasteiger partial charge in [0.1, 0.15) is 22.7 Å². The number of nitrogens with one attached hydrogen (secondary N) is 1. The van der Waals surface area contributed by atoms with Crippen molar-refractivity contribution in [2.45, 2.75) is 44.2 Å². The van der Waals surface area contributed by atoms with Crippen LogP contribution in [0.1, 0.15) is 25.6 Å². The zero-order valence-electron chi connectivity index (χ0n) is 16.4. The molecule has 1 aromatic heterocycles. The number of hydrogen-bond donors (Lipinski definition) is 1. The number of carbonyl (C=O) groups excluding carboxylic acids is 3. The molecule has 0 unspecified atom stereocenters. The first-order valence-electron chi connectivity index (χ1n) is 9.16. The number of rotatable bonds is 6. The number of thiophene rings is 1. The zero-order chi connectivity index (χ0) is 21.2. The molecule has 0 bridgehead atoms. The molecule has 29 heavy (non-hydrogen) atoms. The van der Waals surface area contributed by atoms with Crippen molar-refractivity contribution in [1.82, 2.24) is 10.2 Å². The summed E-state index contributed by atoms with van der Waals surface area (Å²) in [7, 11) is 0. The summed E-state index contributed by atoms with van der Waals surface area (Å²) in [6, 6.07) is 3.12. The van der Waals surface area contributed by atoms with Crippen LogP contribution < -0.4 is 5.32 Å². The third kappa shape index (κ3) is 5.05. The predicted molar refractivity (Wildman–Crippen MR) is 116 cm³/mol. The number of esters is 1. The molecule has 6 nitrogen and oxygen atoms in total. The van der Waals surface area contributed by atoms with Gasteiger partial charge in [-0.25, -0.2) is 4.79 Å². The maximum absolute atomic E-state index is 12.8. The molecule has 156 valence electrons. The molecule has 0 saturated carbocycles. The Labute approximate surface area is 183 Å². The topological polar surface area (TPSA) is 75.7 Å². The van der Waals surface area contributed by atoms with Gasteiger partial charge in [0, 0.05) is 16.5 Å². The Morgan fingerprint density at radius 2 is 2.17 bits per heavy atom. The van der Waals surface area contributed by atoms with Crippen LogP contribution in [0, 0.1) is 0 Å². The van der Waals surface area contributed by atoms with Crippen LogP contribution in [0.2, 0.25) is 0 Å². The van der Waals surface area contributed by atoms with E-state index in [9.17, 15) is 14.4 Å². The first kappa shape index (κ1) is 21.9. The number of thioether (sulfide) groups is 1. The van der Waals surface area contributed by atoms with E-state index in [0.29, 0.717) is 17.2 Å². The summed E-state index contributed by atoms with van der Waals surface area (Å²) in [5, 5.41) is 4.39. The van der Waals surface area contributed by atoms with Gasteiger partial charge in [0.2, 0.25) is 5.91 Å². The molecular formula is C20H23ClN2O4S2. The van der Waals surface area contributed by atoms with Crippen molar-refractivity contribution in [3.05, 3.63) is 45.8 Å². The normalized spacial score (nSPS) is 21.8. The maximum atomic E-state index is 12.8. The Balaban J connectivity index is 1.77. The third-order valence-corrected chi connectivity index (χ3v) is 6.59. The lowest BCUT2D eigenvalue weighted by molar-refractivity contribution is -0.158. The maximum Gasteiger partial charge on any atom is 0.355 e. The Morgan fingerprint density at radius 3 is 2.79 bits per heavy atom. The predicted octanol–water partition coefficient (Wildman–Crippen LogP) is 3.08. The minimum atomic E-state index is -0.687. The van der Waals surface area contributed by atoms with Crippen LogP contribution in [0.3, 0.4) is 0 Å². The number of fused-ring (bicyclic) bond motifs is 1. The largest absolute Gasteiger partial charge is 0.455 e. The van der Waals surface area contributed by atoms with Gasteiger partial charge in [-0.3, -0.25) is 14.5 Å². The highest BCUT2D eigenvalue weighted by molar-refractivity contribution is 8.00. The fourth-order valence-corrected chi connectivity index (χ4v) is 5.18. The van der Waals surface area contributed by atoms with Crippen molar-refractivity contribution in [3.63, 3.8) is 0 Å². The Hall–Kier alpha value is -1.77. The van der Waals surface area contributed by atoms with E-state index in [2.05, 4.69) is 5.32 Å². The number of hydrogen-bond acceptors (Lipinski definition) is 6. The molecule has 1 aromatic rings. The van der Waals surface area contributed by atoms with Crippen LogP contribution >= 0.6 is 34.7 Å². The Kier molecular flexibility index (Phi) is 6.76. The van der Waals surface area contributed by atoms with Gasteiger partial charge in [0.25, 0.3) is 5.91 Å². The molecular weight excluding hydrogens is 432 g/mol. The van der Waals surface area contributed by atoms with E-state index in [4.69, 9.17) is 16.3 Å². The smallest absolute Gasteiger partial charge is 0.355 e. The SMILES string of the molecule is CC(C)(C)OC(=O)C1=C(/C=C/CCl)CS[C@@H]2[C@H](NC(=O)Cc3cccs3)C(=O)N12. The fourth-order valence-electron chi connectivity index (χ4n) is 3.07. The average molecular weight is 455 g/mol. The molecule has 1 saturated heterocycles. The van der Waals surface area contributed by atoms with Crippen molar-refractivity contribution in [1.29, 1.82) is 0 Å². The monoisotopic (exact) mass is 454 g/mol. The highest BCUT2D eigenvalue weighted by Gasteiger charge is 2.54. The lowest BCUT2D eigenvalue weighted by Gasteiger charge is -2.49. The fraction of sp³-hybridized carbons (Fsp3) is 0.450. The minimum absolute atomic E-state index is 0.207. The average Bonchev–Trinajstić information content (AvgIpc) is 3.15. The molecule has 3 rings (SSSR count). The van der Waals surface area contributed by atoms with Gasteiger partial charge in [-0.2, -0.15) is 0 Å². The van der Waals surface area contributed by atoms with Gasteiger partial charge in [-0.1, -0.05) is 18.2 Å². The quantitative estimate of drug-likeness (QED) is 0.406. The number of amides is 2. The minimum Gasteiger partial charge on any atom is -0.455 e. The molecule has 0 aliphatic carbocycles. The zero-order valence-corrected chi connectivity index (χ0v) is 18.8. The van der Waals surface area contributed by atoms with Gasteiger partial charge in [-0.05, 0) is 37.8 Å². The molecule has 2 atom stereocenters. The highest BCUT2D eigenvalue weighted by atomic mass is 35.5. The Morgan fingerprint density at radius 1 is 1.41 bits per heavy atom. The van der Waals surface area contributed by atoms with E-state index >= 15 is 0 Å².